The molecule has 1 aromatic heterocycles. The first kappa shape index (κ1) is 20.9. The first-order valence-corrected chi connectivity index (χ1v) is 9.41. The number of aliphatic hydroxyl groups is 1. The van der Waals surface area contributed by atoms with E-state index < -0.39 is 6.10 Å². The fraction of sp³-hybridized carbons (Fsp3) is 0.429. The Labute approximate surface area is 161 Å². The lowest BCUT2D eigenvalue weighted by molar-refractivity contribution is 0.0944. The molecule has 0 fully saturated rings. The van der Waals surface area contributed by atoms with Crippen molar-refractivity contribution < 1.29 is 9.84 Å². The van der Waals surface area contributed by atoms with Gasteiger partial charge in [0.05, 0.1) is 19.3 Å². The first-order chi connectivity index (χ1) is 13.2. The average Bonchev–Trinajstić information content (AvgIpc) is 2.71. The Kier molecular flexibility index (Phi) is 9.30. The minimum absolute atomic E-state index is 0.300. The van der Waals surface area contributed by atoms with Crippen LogP contribution >= 0.6 is 0 Å². The van der Waals surface area contributed by atoms with Gasteiger partial charge in [-0.3, -0.25) is 9.98 Å². The number of aliphatic imine (C=N–C) groups is 1. The highest BCUT2D eigenvalue weighted by Crippen LogP contribution is 2.09. The Hall–Kier alpha value is -2.44. The molecule has 1 heterocycles. The van der Waals surface area contributed by atoms with Crippen LogP contribution in [0.15, 0.2) is 59.9 Å². The second kappa shape index (κ2) is 12.0. The van der Waals surface area contributed by atoms with Gasteiger partial charge < -0.3 is 20.5 Å². The summed E-state index contributed by atoms with van der Waals surface area (Å²) in [7, 11) is 0. The van der Waals surface area contributed by atoms with Crippen LogP contribution in [-0.4, -0.2) is 42.3 Å². The van der Waals surface area contributed by atoms with Crippen molar-refractivity contribution in [1.29, 1.82) is 0 Å². The molecule has 0 spiro atoms. The quantitative estimate of drug-likeness (QED) is 0.442. The first-order valence-electron chi connectivity index (χ1n) is 9.41. The maximum atomic E-state index is 10.2. The number of pyridine rings is 1. The SMILES string of the molecule is CCNC(=NCC(C)COCc1ccccc1)NCC(O)c1ccncc1. The fourth-order valence-electron chi connectivity index (χ4n) is 2.49. The van der Waals surface area contributed by atoms with Gasteiger partial charge in [0.1, 0.15) is 0 Å². The van der Waals surface area contributed by atoms with Crippen molar-refractivity contribution in [3.8, 4) is 0 Å². The second-order valence-electron chi connectivity index (χ2n) is 6.50. The van der Waals surface area contributed by atoms with Crippen molar-refractivity contribution in [3.63, 3.8) is 0 Å². The van der Waals surface area contributed by atoms with Gasteiger partial charge >= 0.3 is 0 Å². The third-order valence-corrected chi connectivity index (χ3v) is 3.97. The summed E-state index contributed by atoms with van der Waals surface area (Å²) in [5, 5.41) is 16.6. The van der Waals surface area contributed by atoms with Crippen molar-refractivity contribution in [3.05, 3.63) is 66.0 Å². The molecule has 2 atom stereocenters. The zero-order valence-corrected chi connectivity index (χ0v) is 16.1. The molecule has 0 saturated heterocycles. The predicted molar refractivity (Wildman–Crippen MR) is 108 cm³/mol. The van der Waals surface area contributed by atoms with E-state index in [1.54, 1.807) is 12.4 Å². The molecule has 0 aliphatic carbocycles. The van der Waals surface area contributed by atoms with Gasteiger partial charge in [0.25, 0.3) is 0 Å². The van der Waals surface area contributed by atoms with E-state index in [2.05, 4.69) is 39.7 Å². The Morgan fingerprint density at radius 1 is 1.15 bits per heavy atom. The van der Waals surface area contributed by atoms with Crippen molar-refractivity contribution in [1.82, 2.24) is 15.6 Å². The lowest BCUT2D eigenvalue weighted by Crippen LogP contribution is -2.39. The van der Waals surface area contributed by atoms with E-state index in [4.69, 9.17) is 4.74 Å². The zero-order chi connectivity index (χ0) is 19.3. The average molecular weight is 370 g/mol. The number of hydrogen-bond donors (Lipinski definition) is 3. The zero-order valence-electron chi connectivity index (χ0n) is 16.1. The third kappa shape index (κ3) is 8.19. The number of nitrogens with zero attached hydrogens (tertiary/aromatic N) is 2. The molecular weight excluding hydrogens is 340 g/mol. The third-order valence-electron chi connectivity index (χ3n) is 3.97. The molecular formula is C21H30N4O2. The van der Waals surface area contributed by atoms with Gasteiger partial charge in [0.2, 0.25) is 0 Å². The summed E-state index contributed by atoms with van der Waals surface area (Å²) in [4.78, 5) is 8.56. The molecule has 2 unspecified atom stereocenters. The number of aromatic nitrogens is 1. The van der Waals surface area contributed by atoms with Crippen LogP contribution < -0.4 is 10.6 Å². The Bertz CT molecular complexity index is 664. The van der Waals surface area contributed by atoms with Crippen LogP contribution in [0.3, 0.4) is 0 Å². The molecule has 0 bridgehead atoms. The van der Waals surface area contributed by atoms with Gasteiger partial charge in [-0.05, 0) is 36.1 Å². The molecule has 2 aromatic rings. The number of benzene rings is 1. The Morgan fingerprint density at radius 3 is 2.59 bits per heavy atom. The highest BCUT2D eigenvalue weighted by molar-refractivity contribution is 5.79. The number of aliphatic hydroxyl groups excluding tert-OH is 1. The maximum Gasteiger partial charge on any atom is 0.191 e. The van der Waals surface area contributed by atoms with E-state index in [-0.39, 0.29) is 0 Å². The van der Waals surface area contributed by atoms with Gasteiger partial charge in [-0.1, -0.05) is 37.3 Å². The number of ether oxygens (including phenoxy) is 1. The minimum atomic E-state index is -0.608. The fourth-order valence-corrected chi connectivity index (χ4v) is 2.49. The highest BCUT2D eigenvalue weighted by atomic mass is 16.5. The molecule has 0 radical (unpaired) electrons. The number of rotatable bonds is 10. The summed E-state index contributed by atoms with van der Waals surface area (Å²) in [6.07, 6.45) is 2.74. The molecule has 0 aliphatic rings. The number of guanidine groups is 1. The van der Waals surface area contributed by atoms with E-state index in [1.807, 2.05) is 37.3 Å². The molecule has 27 heavy (non-hydrogen) atoms. The standard InChI is InChI=1S/C21H30N4O2/c1-3-23-21(25-14-20(26)19-9-11-22-12-10-19)24-13-17(2)15-27-16-18-7-5-4-6-8-18/h4-12,17,20,26H,3,13-16H2,1-2H3,(H2,23,24,25). The summed E-state index contributed by atoms with van der Waals surface area (Å²) in [6, 6.07) is 13.8. The topological polar surface area (TPSA) is 78.8 Å². The van der Waals surface area contributed by atoms with Gasteiger partial charge in [0.15, 0.2) is 5.96 Å². The summed E-state index contributed by atoms with van der Waals surface area (Å²) in [6.45, 7) is 7.19. The Balaban J connectivity index is 1.74. The lowest BCUT2D eigenvalue weighted by Gasteiger charge is -2.16. The lowest BCUT2D eigenvalue weighted by atomic mass is 10.1. The van der Waals surface area contributed by atoms with Crippen LogP contribution in [0.5, 0.6) is 0 Å². The number of hydrogen-bond acceptors (Lipinski definition) is 4. The van der Waals surface area contributed by atoms with Gasteiger partial charge in [-0.25, -0.2) is 0 Å². The van der Waals surface area contributed by atoms with Crippen LogP contribution in [0.1, 0.15) is 31.1 Å². The molecule has 0 saturated carbocycles. The van der Waals surface area contributed by atoms with Crippen molar-refractivity contribution in [2.45, 2.75) is 26.6 Å². The van der Waals surface area contributed by atoms with Gasteiger partial charge in [-0.15, -0.1) is 0 Å². The van der Waals surface area contributed by atoms with Gasteiger partial charge in [0, 0.05) is 32.0 Å². The number of nitrogens with one attached hydrogen (secondary N) is 2. The molecule has 146 valence electrons. The molecule has 6 nitrogen and oxygen atoms in total. The van der Waals surface area contributed by atoms with Crippen LogP contribution in [0, 0.1) is 5.92 Å². The highest BCUT2D eigenvalue weighted by Gasteiger charge is 2.09. The maximum absolute atomic E-state index is 10.2. The largest absolute Gasteiger partial charge is 0.387 e. The normalized spacial score (nSPS) is 13.8. The van der Waals surface area contributed by atoms with Crippen LogP contribution in [-0.2, 0) is 11.3 Å². The Morgan fingerprint density at radius 2 is 1.89 bits per heavy atom. The van der Waals surface area contributed by atoms with E-state index in [1.165, 1.54) is 5.56 Å². The van der Waals surface area contributed by atoms with Crippen LogP contribution in [0.25, 0.3) is 0 Å². The van der Waals surface area contributed by atoms with E-state index in [0.717, 1.165) is 12.1 Å². The van der Waals surface area contributed by atoms with Gasteiger partial charge in [-0.2, -0.15) is 0 Å². The van der Waals surface area contributed by atoms with Crippen molar-refractivity contribution in [2.24, 2.45) is 10.9 Å². The van der Waals surface area contributed by atoms with Crippen LogP contribution in [0.2, 0.25) is 0 Å². The molecule has 6 heteroatoms. The van der Waals surface area contributed by atoms with E-state index in [9.17, 15) is 5.11 Å². The molecule has 1 aromatic carbocycles. The van der Waals surface area contributed by atoms with E-state index in [0.29, 0.717) is 38.2 Å². The molecule has 3 N–H and O–H groups in total. The van der Waals surface area contributed by atoms with E-state index >= 15 is 0 Å². The summed E-state index contributed by atoms with van der Waals surface area (Å²) in [5.41, 5.74) is 2.00. The predicted octanol–water partition coefficient (Wildman–Crippen LogP) is 2.52. The van der Waals surface area contributed by atoms with Crippen molar-refractivity contribution in [2.75, 3.05) is 26.2 Å². The van der Waals surface area contributed by atoms with Crippen LogP contribution in [0.4, 0.5) is 0 Å². The second-order valence-corrected chi connectivity index (χ2v) is 6.50. The molecule has 2 rings (SSSR count). The van der Waals surface area contributed by atoms with Crippen molar-refractivity contribution >= 4 is 5.96 Å². The minimum Gasteiger partial charge on any atom is -0.387 e. The summed E-state index contributed by atoms with van der Waals surface area (Å²) in [5.74, 6) is 0.995. The summed E-state index contributed by atoms with van der Waals surface area (Å²) >= 11 is 0. The molecule has 0 aliphatic heterocycles. The molecule has 0 amide bonds. The smallest absolute Gasteiger partial charge is 0.191 e. The summed E-state index contributed by atoms with van der Waals surface area (Å²) < 4.78 is 5.77. The monoisotopic (exact) mass is 370 g/mol.